The highest BCUT2D eigenvalue weighted by Gasteiger charge is 2.25. The fourth-order valence-electron chi connectivity index (χ4n) is 4.36. The molecule has 1 amide bonds. The zero-order valence-electron chi connectivity index (χ0n) is 18.8. The van der Waals surface area contributed by atoms with Crippen molar-refractivity contribution in [1.29, 1.82) is 0 Å². The normalized spacial score (nSPS) is 19.9. The second kappa shape index (κ2) is 8.90. The molecule has 1 aliphatic carbocycles. The van der Waals surface area contributed by atoms with Crippen LogP contribution in [0.5, 0.6) is 5.88 Å². The van der Waals surface area contributed by atoms with E-state index < -0.39 is 11.7 Å². The van der Waals surface area contributed by atoms with Crippen molar-refractivity contribution in [2.75, 3.05) is 35.7 Å². The molecule has 3 heterocycles. The van der Waals surface area contributed by atoms with E-state index in [4.69, 9.17) is 16.2 Å². The molecule has 1 saturated carbocycles. The third-order valence-corrected chi connectivity index (χ3v) is 6.29. The van der Waals surface area contributed by atoms with Crippen LogP contribution in [0.1, 0.15) is 36.0 Å². The van der Waals surface area contributed by atoms with E-state index in [0.29, 0.717) is 41.6 Å². The van der Waals surface area contributed by atoms with E-state index in [9.17, 15) is 9.18 Å². The minimum atomic E-state index is -0.789. The lowest BCUT2D eigenvalue weighted by atomic mass is 9.91. The van der Waals surface area contributed by atoms with Gasteiger partial charge in [0.1, 0.15) is 12.4 Å². The van der Waals surface area contributed by atoms with Crippen molar-refractivity contribution >= 4 is 40.1 Å². The summed E-state index contributed by atoms with van der Waals surface area (Å²) in [5.41, 5.74) is 13.6. The Morgan fingerprint density at radius 1 is 1.15 bits per heavy atom. The summed E-state index contributed by atoms with van der Waals surface area (Å²) in [6.45, 7) is 1.27. The Balaban J connectivity index is 1.48. The standard InChI is InChI=1S/C23H27FN8O2/c1-32-8-9-34-23-22(32)29-18-10-12(6-7-17(18)30-23)27-20-13(19(26)33)11-14(24)21(31-20)28-16-5-3-2-4-15(16)25/h6-7,10-11,15-16H,2-5,8-9,25H2,1H3,(H2,26,33)(H2,27,28,31)/t15-,16?/m0/s1. The molecule has 178 valence electrons. The largest absolute Gasteiger partial charge is 0.473 e. The van der Waals surface area contributed by atoms with Crippen LogP contribution in [0.4, 0.5) is 27.5 Å². The van der Waals surface area contributed by atoms with E-state index in [2.05, 4.69) is 25.6 Å². The Morgan fingerprint density at radius 3 is 2.76 bits per heavy atom. The van der Waals surface area contributed by atoms with Gasteiger partial charge in [0.15, 0.2) is 17.5 Å². The van der Waals surface area contributed by atoms with Gasteiger partial charge in [-0.1, -0.05) is 12.8 Å². The summed E-state index contributed by atoms with van der Waals surface area (Å²) < 4.78 is 20.4. The third-order valence-electron chi connectivity index (χ3n) is 6.29. The summed E-state index contributed by atoms with van der Waals surface area (Å²) in [6.07, 6.45) is 3.76. The van der Waals surface area contributed by atoms with Crippen LogP contribution < -0.4 is 31.7 Å². The summed E-state index contributed by atoms with van der Waals surface area (Å²) >= 11 is 0. The molecule has 0 bridgehead atoms. The molecule has 3 aromatic rings. The van der Waals surface area contributed by atoms with E-state index >= 15 is 0 Å². The van der Waals surface area contributed by atoms with E-state index in [0.717, 1.165) is 31.7 Å². The van der Waals surface area contributed by atoms with Crippen molar-refractivity contribution in [3.8, 4) is 5.88 Å². The van der Waals surface area contributed by atoms with Gasteiger partial charge >= 0.3 is 0 Å². The van der Waals surface area contributed by atoms with Gasteiger partial charge in [0, 0.05) is 24.8 Å². The third kappa shape index (κ3) is 4.26. The van der Waals surface area contributed by atoms with Gasteiger partial charge in [0.25, 0.3) is 11.8 Å². The molecule has 2 aromatic heterocycles. The molecule has 0 spiro atoms. The summed E-state index contributed by atoms with van der Waals surface area (Å²) in [6, 6.07) is 6.26. The van der Waals surface area contributed by atoms with Crippen LogP contribution in [-0.2, 0) is 0 Å². The average molecular weight is 467 g/mol. The van der Waals surface area contributed by atoms with Crippen LogP contribution in [0, 0.1) is 5.82 Å². The fourth-order valence-corrected chi connectivity index (χ4v) is 4.36. The maximum Gasteiger partial charge on any atom is 0.258 e. The first-order valence-electron chi connectivity index (χ1n) is 11.3. The molecule has 1 aromatic carbocycles. The predicted molar refractivity (Wildman–Crippen MR) is 128 cm³/mol. The molecule has 11 heteroatoms. The van der Waals surface area contributed by atoms with Crippen LogP contribution in [0.2, 0.25) is 0 Å². The molecule has 6 N–H and O–H groups in total. The minimum Gasteiger partial charge on any atom is -0.473 e. The fraction of sp³-hybridized carbons (Fsp3) is 0.391. The van der Waals surface area contributed by atoms with Crippen LogP contribution in [-0.4, -0.2) is 53.1 Å². The monoisotopic (exact) mass is 466 g/mol. The number of pyridine rings is 1. The van der Waals surface area contributed by atoms with Crippen molar-refractivity contribution in [3.63, 3.8) is 0 Å². The molecule has 34 heavy (non-hydrogen) atoms. The van der Waals surface area contributed by atoms with Crippen molar-refractivity contribution in [2.24, 2.45) is 11.5 Å². The number of fused-ring (bicyclic) bond motifs is 2. The summed E-state index contributed by atoms with van der Waals surface area (Å²) in [5, 5.41) is 6.21. The molecule has 5 rings (SSSR count). The molecule has 0 saturated heterocycles. The number of benzene rings is 1. The summed E-state index contributed by atoms with van der Waals surface area (Å²) in [5.74, 6) is -0.118. The van der Waals surface area contributed by atoms with E-state index in [1.807, 2.05) is 11.9 Å². The molecule has 1 fully saturated rings. The lowest BCUT2D eigenvalue weighted by Gasteiger charge is -2.30. The molecule has 10 nitrogen and oxygen atoms in total. The number of nitrogens with two attached hydrogens (primary N) is 2. The van der Waals surface area contributed by atoms with Crippen molar-refractivity contribution in [2.45, 2.75) is 37.8 Å². The van der Waals surface area contributed by atoms with Gasteiger partial charge < -0.3 is 31.7 Å². The number of ether oxygens (including phenoxy) is 1. The van der Waals surface area contributed by atoms with Crippen LogP contribution in [0.25, 0.3) is 11.0 Å². The number of nitrogens with one attached hydrogen (secondary N) is 2. The van der Waals surface area contributed by atoms with Crippen molar-refractivity contribution in [3.05, 3.63) is 35.6 Å². The predicted octanol–water partition coefficient (Wildman–Crippen LogP) is 2.52. The smallest absolute Gasteiger partial charge is 0.258 e. The van der Waals surface area contributed by atoms with Crippen LogP contribution in [0.15, 0.2) is 24.3 Å². The molecule has 1 aliphatic heterocycles. The van der Waals surface area contributed by atoms with E-state index in [1.165, 1.54) is 0 Å². The topological polar surface area (TPSA) is 144 Å². The van der Waals surface area contributed by atoms with Crippen LogP contribution >= 0.6 is 0 Å². The summed E-state index contributed by atoms with van der Waals surface area (Å²) in [7, 11) is 1.93. The first kappa shape index (κ1) is 22.1. The number of anilines is 4. The zero-order chi connectivity index (χ0) is 23.8. The average Bonchev–Trinajstić information content (AvgIpc) is 2.81. The first-order chi connectivity index (χ1) is 16.4. The second-order valence-corrected chi connectivity index (χ2v) is 8.73. The Hall–Kier alpha value is -3.73. The van der Waals surface area contributed by atoms with Gasteiger partial charge in [-0.05, 0) is 37.1 Å². The van der Waals surface area contributed by atoms with Gasteiger partial charge in [0.05, 0.1) is 23.1 Å². The number of carbonyl (C=O) groups is 1. The van der Waals surface area contributed by atoms with Gasteiger partial charge in [-0.15, -0.1) is 0 Å². The number of halogens is 1. The highest BCUT2D eigenvalue weighted by atomic mass is 19.1. The maximum absolute atomic E-state index is 14.8. The van der Waals surface area contributed by atoms with Gasteiger partial charge in [0.2, 0.25) is 0 Å². The molecular weight excluding hydrogens is 439 g/mol. The Bertz CT molecular complexity index is 1250. The van der Waals surface area contributed by atoms with Gasteiger partial charge in [-0.2, -0.15) is 0 Å². The Kier molecular flexibility index (Phi) is 5.78. The highest BCUT2D eigenvalue weighted by molar-refractivity contribution is 5.99. The Morgan fingerprint density at radius 2 is 1.97 bits per heavy atom. The number of likely N-dealkylation sites (N-methyl/N-ethyl adjacent to an activating group) is 1. The number of amides is 1. The maximum atomic E-state index is 14.8. The lowest BCUT2D eigenvalue weighted by molar-refractivity contribution is 0.100. The second-order valence-electron chi connectivity index (χ2n) is 8.73. The Labute approximate surface area is 195 Å². The molecule has 0 radical (unpaired) electrons. The highest BCUT2D eigenvalue weighted by Crippen LogP contribution is 2.31. The number of nitrogens with zero attached hydrogens (tertiary/aromatic N) is 4. The SMILES string of the molecule is CN1CCOc2nc3ccc(Nc4nc(NC5CCCC[C@@H]5N)c(F)cc4C(N)=O)cc3nc21. The van der Waals surface area contributed by atoms with E-state index in [1.54, 1.807) is 18.2 Å². The number of rotatable bonds is 5. The number of hydrogen-bond acceptors (Lipinski definition) is 9. The number of aromatic nitrogens is 3. The summed E-state index contributed by atoms with van der Waals surface area (Å²) in [4.78, 5) is 27.6. The van der Waals surface area contributed by atoms with E-state index in [-0.39, 0.29) is 29.3 Å². The van der Waals surface area contributed by atoms with Crippen molar-refractivity contribution < 1.29 is 13.9 Å². The molecule has 1 unspecified atom stereocenters. The first-order valence-corrected chi connectivity index (χ1v) is 11.3. The molecule has 2 atom stereocenters. The molecular formula is C23H27FN8O2. The van der Waals surface area contributed by atoms with Crippen molar-refractivity contribution in [1.82, 2.24) is 15.0 Å². The number of hydrogen-bond donors (Lipinski definition) is 4. The van der Waals surface area contributed by atoms with Gasteiger partial charge in [-0.25, -0.2) is 19.3 Å². The lowest BCUT2D eigenvalue weighted by Crippen LogP contribution is -2.43. The van der Waals surface area contributed by atoms with Gasteiger partial charge in [-0.3, -0.25) is 4.79 Å². The minimum absolute atomic E-state index is 0.0308. The number of carbonyl (C=O) groups excluding carboxylic acids is 1. The number of primary amides is 1. The van der Waals surface area contributed by atoms with Crippen LogP contribution in [0.3, 0.4) is 0 Å². The quantitative estimate of drug-likeness (QED) is 0.446. The zero-order valence-corrected chi connectivity index (χ0v) is 18.8. The molecule has 2 aliphatic rings.